The summed E-state index contributed by atoms with van der Waals surface area (Å²) in [6.07, 6.45) is 0. The molecule has 1 aromatic rings. The number of carbonyl (C=O) groups excluding carboxylic acids is 1. The molecule has 1 rings (SSSR count). The summed E-state index contributed by atoms with van der Waals surface area (Å²) in [5.74, 6) is -0.972. The largest absolute Gasteiger partial charge is 0.507 e. The molecule has 0 spiro atoms. The molecule has 4 nitrogen and oxygen atoms in total. The number of rotatable bonds is 4. The van der Waals surface area contributed by atoms with Crippen LogP contribution in [-0.4, -0.2) is 33.4 Å². The molecule has 0 aliphatic carbocycles. The number of benzene rings is 1. The van der Waals surface area contributed by atoms with Crippen LogP contribution in [0.5, 0.6) is 11.5 Å². The zero-order valence-corrected chi connectivity index (χ0v) is 10.7. The van der Waals surface area contributed by atoms with E-state index >= 15 is 0 Å². The van der Waals surface area contributed by atoms with Crippen molar-refractivity contribution in [2.75, 3.05) is 11.8 Å². The zero-order valence-electron chi connectivity index (χ0n) is 9.20. The lowest BCUT2D eigenvalue weighted by Gasteiger charge is -2.26. The molecule has 0 radical (unpaired) electrons. The molecule has 1 aromatic carbocycles. The van der Waals surface area contributed by atoms with Crippen LogP contribution in [0.15, 0.2) is 18.2 Å². The summed E-state index contributed by atoms with van der Waals surface area (Å²) in [4.78, 5) is 11.9. The van der Waals surface area contributed by atoms with Gasteiger partial charge in [-0.2, -0.15) is 0 Å². The van der Waals surface area contributed by atoms with E-state index in [-0.39, 0.29) is 28.8 Å². The van der Waals surface area contributed by atoms with Crippen molar-refractivity contribution in [1.29, 1.82) is 0 Å². The normalized spacial score (nSPS) is 11.2. The van der Waals surface area contributed by atoms with Crippen molar-refractivity contribution in [3.05, 3.63) is 23.8 Å². The molecule has 1 amide bonds. The Hall–Kier alpha value is -1.13. The van der Waals surface area contributed by atoms with Gasteiger partial charge in [-0.25, -0.2) is 0 Å². The number of alkyl halides is 2. The van der Waals surface area contributed by atoms with E-state index in [0.717, 1.165) is 0 Å². The first-order valence-electron chi connectivity index (χ1n) is 4.89. The van der Waals surface area contributed by atoms with Crippen molar-refractivity contribution in [2.45, 2.75) is 12.5 Å². The van der Waals surface area contributed by atoms with Gasteiger partial charge < -0.3 is 15.5 Å². The van der Waals surface area contributed by atoms with E-state index in [9.17, 15) is 15.0 Å². The highest BCUT2D eigenvalue weighted by molar-refractivity contribution is 6.22. The lowest BCUT2D eigenvalue weighted by molar-refractivity contribution is 0.0916. The minimum absolute atomic E-state index is 0.122. The summed E-state index contributed by atoms with van der Waals surface area (Å²) in [7, 11) is 0. The van der Waals surface area contributed by atoms with Gasteiger partial charge in [0.05, 0.1) is 5.54 Å². The van der Waals surface area contributed by atoms with Gasteiger partial charge in [-0.3, -0.25) is 4.79 Å². The SMILES string of the molecule is CC(CCl)(CCl)NC(=O)c1c(O)cccc1O. The summed E-state index contributed by atoms with van der Waals surface area (Å²) in [6.45, 7) is 1.67. The summed E-state index contributed by atoms with van der Waals surface area (Å²) in [5, 5.41) is 21.6. The number of nitrogens with one attached hydrogen (secondary N) is 1. The second-order valence-corrected chi connectivity index (χ2v) is 4.49. The molecular weight excluding hydrogens is 265 g/mol. The fraction of sp³-hybridized carbons (Fsp3) is 0.364. The summed E-state index contributed by atoms with van der Waals surface area (Å²) < 4.78 is 0. The maximum atomic E-state index is 11.9. The highest BCUT2D eigenvalue weighted by atomic mass is 35.5. The van der Waals surface area contributed by atoms with Gasteiger partial charge >= 0.3 is 0 Å². The number of phenols is 2. The van der Waals surface area contributed by atoms with Crippen molar-refractivity contribution in [1.82, 2.24) is 5.32 Å². The van der Waals surface area contributed by atoms with E-state index in [2.05, 4.69) is 5.32 Å². The highest BCUT2D eigenvalue weighted by Gasteiger charge is 2.27. The first-order valence-corrected chi connectivity index (χ1v) is 5.96. The molecule has 0 aromatic heterocycles. The molecule has 0 fully saturated rings. The lowest BCUT2D eigenvalue weighted by atomic mass is 10.1. The van der Waals surface area contributed by atoms with Crippen molar-refractivity contribution in [3.8, 4) is 11.5 Å². The van der Waals surface area contributed by atoms with E-state index in [4.69, 9.17) is 23.2 Å². The monoisotopic (exact) mass is 277 g/mol. The Morgan fingerprint density at radius 2 is 1.76 bits per heavy atom. The van der Waals surface area contributed by atoms with Crippen LogP contribution in [0.25, 0.3) is 0 Å². The second-order valence-electron chi connectivity index (χ2n) is 3.95. The zero-order chi connectivity index (χ0) is 13.1. The van der Waals surface area contributed by atoms with E-state index in [1.165, 1.54) is 18.2 Å². The molecule has 17 heavy (non-hydrogen) atoms. The molecule has 0 unspecified atom stereocenters. The molecule has 0 aliphatic rings. The minimum atomic E-state index is -0.797. The number of hydrogen-bond donors (Lipinski definition) is 3. The third-order valence-corrected chi connectivity index (χ3v) is 3.43. The van der Waals surface area contributed by atoms with Gasteiger partial charge in [-0.15, -0.1) is 23.2 Å². The van der Waals surface area contributed by atoms with E-state index < -0.39 is 11.4 Å². The number of phenolic OH excluding ortho intramolecular Hbond substituents is 2. The Morgan fingerprint density at radius 1 is 1.29 bits per heavy atom. The molecule has 6 heteroatoms. The first-order chi connectivity index (χ1) is 7.93. The molecule has 0 heterocycles. The molecule has 0 saturated heterocycles. The van der Waals surface area contributed by atoms with Gasteiger partial charge in [0.25, 0.3) is 5.91 Å². The maximum absolute atomic E-state index is 11.9. The fourth-order valence-corrected chi connectivity index (χ4v) is 1.62. The number of aromatic hydroxyl groups is 2. The fourth-order valence-electron chi connectivity index (χ4n) is 1.20. The molecule has 3 N–H and O–H groups in total. The van der Waals surface area contributed by atoms with Crippen LogP contribution in [0.2, 0.25) is 0 Å². The van der Waals surface area contributed by atoms with Crippen LogP contribution in [0.1, 0.15) is 17.3 Å². The third-order valence-electron chi connectivity index (χ3n) is 2.25. The average Bonchev–Trinajstić information content (AvgIpc) is 2.28. The average molecular weight is 278 g/mol. The Morgan fingerprint density at radius 3 is 2.18 bits per heavy atom. The smallest absolute Gasteiger partial charge is 0.259 e. The third kappa shape index (κ3) is 3.17. The number of hydrogen-bond acceptors (Lipinski definition) is 3. The molecular formula is C11H13Cl2NO3. The second kappa shape index (κ2) is 5.47. The highest BCUT2D eigenvalue weighted by Crippen LogP contribution is 2.26. The molecule has 94 valence electrons. The summed E-state index contributed by atoms with van der Waals surface area (Å²) in [6, 6.07) is 4.06. The quantitative estimate of drug-likeness (QED) is 0.738. The van der Waals surface area contributed by atoms with Crippen molar-refractivity contribution in [3.63, 3.8) is 0 Å². The summed E-state index contributed by atoms with van der Waals surface area (Å²) >= 11 is 11.4. The Balaban J connectivity index is 2.98. The van der Waals surface area contributed by atoms with Crippen LogP contribution >= 0.6 is 23.2 Å². The van der Waals surface area contributed by atoms with Gasteiger partial charge in [0.15, 0.2) is 0 Å². The van der Waals surface area contributed by atoms with E-state index in [1.54, 1.807) is 6.92 Å². The minimum Gasteiger partial charge on any atom is -0.507 e. The maximum Gasteiger partial charge on any atom is 0.259 e. The van der Waals surface area contributed by atoms with Gasteiger partial charge in [-0.05, 0) is 19.1 Å². The predicted molar refractivity (Wildman–Crippen MR) is 67.1 cm³/mol. The van der Waals surface area contributed by atoms with E-state index in [1.807, 2.05) is 0 Å². The van der Waals surface area contributed by atoms with Gasteiger partial charge in [0.1, 0.15) is 17.1 Å². The number of amides is 1. The summed E-state index contributed by atoms with van der Waals surface area (Å²) in [5.41, 5.74) is -0.983. The van der Waals surface area contributed by atoms with Gasteiger partial charge in [-0.1, -0.05) is 6.07 Å². The Labute approximate surface area is 109 Å². The Kier molecular flexibility index (Phi) is 4.48. The van der Waals surface area contributed by atoms with Gasteiger partial charge in [0.2, 0.25) is 0 Å². The lowest BCUT2D eigenvalue weighted by Crippen LogP contribution is -2.49. The van der Waals surface area contributed by atoms with Crippen LogP contribution in [0.4, 0.5) is 0 Å². The van der Waals surface area contributed by atoms with Crippen molar-refractivity contribution < 1.29 is 15.0 Å². The van der Waals surface area contributed by atoms with Gasteiger partial charge in [0, 0.05) is 11.8 Å². The molecule has 0 saturated carbocycles. The topological polar surface area (TPSA) is 69.6 Å². The van der Waals surface area contributed by atoms with Crippen LogP contribution in [-0.2, 0) is 0 Å². The van der Waals surface area contributed by atoms with Crippen LogP contribution < -0.4 is 5.32 Å². The molecule has 0 bridgehead atoms. The van der Waals surface area contributed by atoms with E-state index in [0.29, 0.717) is 0 Å². The van der Waals surface area contributed by atoms with Crippen molar-refractivity contribution in [2.24, 2.45) is 0 Å². The number of halogens is 2. The van der Waals surface area contributed by atoms with Crippen LogP contribution in [0.3, 0.4) is 0 Å². The molecule has 0 atom stereocenters. The van der Waals surface area contributed by atoms with Crippen LogP contribution in [0, 0.1) is 0 Å². The predicted octanol–water partition coefficient (Wildman–Crippen LogP) is 2.06. The first kappa shape index (κ1) is 13.9. The molecule has 0 aliphatic heterocycles. The van der Waals surface area contributed by atoms with Crippen molar-refractivity contribution >= 4 is 29.1 Å². The number of carbonyl (C=O) groups is 1. The Bertz CT molecular complexity index is 399. The standard InChI is InChI=1S/C11H13Cl2NO3/c1-11(5-12,6-13)14-10(17)9-7(15)3-2-4-8(9)16/h2-4,15-16H,5-6H2,1H3,(H,14,17).